The summed E-state index contributed by atoms with van der Waals surface area (Å²) in [6, 6.07) is 0. The maximum absolute atomic E-state index is 12.0. The summed E-state index contributed by atoms with van der Waals surface area (Å²) in [5, 5.41) is 3.91. The van der Waals surface area contributed by atoms with Gasteiger partial charge in [0.15, 0.2) is 0 Å². The van der Waals surface area contributed by atoms with E-state index in [4.69, 9.17) is 5.73 Å². The first kappa shape index (κ1) is 14.1. The van der Waals surface area contributed by atoms with E-state index in [0.717, 1.165) is 11.4 Å². The number of carbonyl (C=O) groups excluding carboxylic acids is 1. The molecular weight excluding hydrogens is 234 g/mol. The van der Waals surface area contributed by atoms with Gasteiger partial charge in [0.05, 0.1) is 16.7 Å². The summed E-state index contributed by atoms with van der Waals surface area (Å²) in [5.41, 5.74) is 5.42. The second-order valence-corrected chi connectivity index (χ2v) is 6.30. The first-order valence-electron chi connectivity index (χ1n) is 5.81. The van der Waals surface area contributed by atoms with Crippen LogP contribution in [0.15, 0.2) is 6.20 Å². The van der Waals surface area contributed by atoms with E-state index in [1.807, 2.05) is 13.8 Å². The molecular formula is C12H21N3OS. The van der Waals surface area contributed by atoms with Gasteiger partial charge in [-0.15, -0.1) is 11.3 Å². The molecule has 0 aliphatic carbocycles. The average molecular weight is 255 g/mol. The Morgan fingerprint density at radius 3 is 2.71 bits per heavy atom. The van der Waals surface area contributed by atoms with Crippen LogP contribution in [-0.4, -0.2) is 23.0 Å². The fraction of sp³-hybridized carbons (Fsp3) is 0.667. The highest BCUT2D eigenvalue weighted by atomic mass is 32.1. The Morgan fingerprint density at radius 1 is 1.65 bits per heavy atom. The van der Waals surface area contributed by atoms with E-state index in [1.54, 1.807) is 6.20 Å². The van der Waals surface area contributed by atoms with Crippen LogP contribution in [0.5, 0.6) is 0 Å². The molecule has 0 spiro atoms. The zero-order chi connectivity index (χ0) is 13.1. The Kier molecular flexibility index (Phi) is 4.65. The van der Waals surface area contributed by atoms with Crippen LogP contribution < -0.4 is 11.1 Å². The number of hydrogen-bond donors (Lipinski definition) is 2. The topological polar surface area (TPSA) is 68.0 Å². The molecule has 1 unspecified atom stereocenters. The number of amides is 1. The molecule has 96 valence electrons. The monoisotopic (exact) mass is 255 g/mol. The molecule has 1 aromatic heterocycles. The minimum absolute atomic E-state index is 0.0794. The van der Waals surface area contributed by atoms with Crippen LogP contribution in [0.25, 0.3) is 0 Å². The molecule has 3 N–H and O–H groups in total. The summed E-state index contributed by atoms with van der Waals surface area (Å²) in [7, 11) is 0. The van der Waals surface area contributed by atoms with Gasteiger partial charge in [-0.2, -0.15) is 0 Å². The van der Waals surface area contributed by atoms with Crippen molar-refractivity contribution in [3.8, 4) is 0 Å². The third-order valence-electron chi connectivity index (χ3n) is 2.57. The van der Waals surface area contributed by atoms with Crippen LogP contribution >= 0.6 is 11.3 Å². The number of hydrogen-bond acceptors (Lipinski definition) is 4. The van der Waals surface area contributed by atoms with E-state index >= 15 is 0 Å². The van der Waals surface area contributed by atoms with Gasteiger partial charge in [0, 0.05) is 6.54 Å². The molecule has 0 saturated carbocycles. The summed E-state index contributed by atoms with van der Waals surface area (Å²) >= 11 is 1.40. The van der Waals surface area contributed by atoms with Crippen molar-refractivity contribution in [2.45, 2.75) is 39.7 Å². The quantitative estimate of drug-likeness (QED) is 0.845. The molecule has 17 heavy (non-hydrogen) atoms. The number of aromatic nitrogens is 1. The SMILES string of the molecule is Cc1ncc(C(=O)NC(C)(CN)CC(C)C)s1. The fourth-order valence-corrected chi connectivity index (χ4v) is 2.56. The Labute approximate surface area is 107 Å². The molecule has 0 radical (unpaired) electrons. The standard InChI is InChI=1S/C12H21N3OS/c1-8(2)5-12(4,7-13)15-11(16)10-6-14-9(3)17-10/h6,8H,5,7,13H2,1-4H3,(H,15,16). The average Bonchev–Trinajstić information content (AvgIpc) is 2.63. The normalized spacial score (nSPS) is 14.7. The molecule has 1 amide bonds. The largest absolute Gasteiger partial charge is 0.345 e. The lowest BCUT2D eigenvalue weighted by Gasteiger charge is -2.30. The number of thiazole rings is 1. The molecule has 1 heterocycles. The van der Waals surface area contributed by atoms with Gasteiger partial charge in [0.25, 0.3) is 5.91 Å². The Balaban J connectivity index is 2.71. The van der Waals surface area contributed by atoms with Crippen molar-refractivity contribution in [2.75, 3.05) is 6.54 Å². The van der Waals surface area contributed by atoms with Gasteiger partial charge in [-0.1, -0.05) is 13.8 Å². The van der Waals surface area contributed by atoms with Gasteiger partial charge in [-0.25, -0.2) is 4.98 Å². The van der Waals surface area contributed by atoms with E-state index in [1.165, 1.54) is 11.3 Å². The van der Waals surface area contributed by atoms with Crippen molar-refractivity contribution in [2.24, 2.45) is 11.7 Å². The van der Waals surface area contributed by atoms with E-state index in [2.05, 4.69) is 24.1 Å². The lowest BCUT2D eigenvalue weighted by atomic mass is 9.90. The van der Waals surface area contributed by atoms with Gasteiger partial charge < -0.3 is 11.1 Å². The molecule has 1 atom stereocenters. The van der Waals surface area contributed by atoms with Gasteiger partial charge in [0.1, 0.15) is 4.88 Å². The second-order valence-electron chi connectivity index (χ2n) is 5.06. The maximum Gasteiger partial charge on any atom is 0.263 e. The number of nitrogens with two attached hydrogens (primary N) is 1. The predicted octanol–water partition coefficient (Wildman–Crippen LogP) is 1.94. The summed E-state index contributed by atoms with van der Waals surface area (Å²) < 4.78 is 0. The first-order chi connectivity index (χ1) is 7.86. The zero-order valence-electron chi connectivity index (χ0n) is 10.9. The molecule has 0 aromatic carbocycles. The van der Waals surface area contributed by atoms with Crippen molar-refractivity contribution < 1.29 is 4.79 Å². The van der Waals surface area contributed by atoms with Crippen LogP contribution in [-0.2, 0) is 0 Å². The summed E-state index contributed by atoms with van der Waals surface area (Å²) in [6.07, 6.45) is 2.48. The van der Waals surface area contributed by atoms with Gasteiger partial charge in [-0.3, -0.25) is 4.79 Å². The van der Waals surface area contributed by atoms with Gasteiger partial charge >= 0.3 is 0 Å². The Hall–Kier alpha value is -0.940. The molecule has 1 rings (SSSR count). The molecule has 0 bridgehead atoms. The van der Waals surface area contributed by atoms with E-state index in [9.17, 15) is 4.79 Å². The highest BCUT2D eigenvalue weighted by Crippen LogP contribution is 2.18. The minimum atomic E-state index is -0.344. The Morgan fingerprint density at radius 2 is 2.29 bits per heavy atom. The number of rotatable bonds is 5. The van der Waals surface area contributed by atoms with Crippen LogP contribution in [0.1, 0.15) is 41.9 Å². The minimum Gasteiger partial charge on any atom is -0.345 e. The van der Waals surface area contributed by atoms with E-state index in [0.29, 0.717) is 17.3 Å². The number of nitrogens with one attached hydrogen (secondary N) is 1. The number of aryl methyl sites for hydroxylation is 1. The van der Waals surface area contributed by atoms with E-state index < -0.39 is 0 Å². The highest BCUT2D eigenvalue weighted by molar-refractivity contribution is 7.13. The molecule has 5 heteroatoms. The van der Waals surface area contributed by atoms with Crippen molar-refractivity contribution >= 4 is 17.2 Å². The van der Waals surface area contributed by atoms with Crippen molar-refractivity contribution in [3.05, 3.63) is 16.1 Å². The molecule has 0 aliphatic heterocycles. The van der Waals surface area contributed by atoms with Crippen molar-refractivity contribution in [1.29, 1.82) is 0 Å². The molecule has 4 nitrogen and oxygen atoms in total. The molecule has 0 aliphatic rings. The third kappa shape index (κ3) is 4.09. The number of nitrogens with zero attached hydrogens (tertiary/aromatic N) is 1. The predicted molar refractivity (Wildman–Crippen MR) is 71.2 cm³/mol. The second kappa shape index (κ2) is 5.60. The molecule has 0 fully saturated rings. The van der Waals surface area contributed by atoms with Crippen LogP contribution in [0, 0.1) is 12.8 Å². The van der Waals surface area contributed by atoms with Gasteiger partial charge in [0.2, 0.25) is 0 Å². The van der Waals surface area contributed by atoms with Crippen molar-refractivity contribution in [1.82, 2.24) is 10.3 Å². The summed E-state index contributed by atoms with van der Waals surface area (Å²) in [6.45, 7) is 8.55. The fourth-order valence-electron chi connectivity index (χ4n) is 1.89. The van der Waals surface area contributed by atoms with Crippen molar-refractivity contribution in [3.63, 3.8) is 0 Å². The van der Waals surface area contributed by atoms with E-state index in [-0.39, 0.29) is 11.4 Å². The maximum atomic E-state index is 12.0. The van der Waals surface area contributed by atoms with Crippen LogP contribution in [0.4, 0.5) is 0 Å². The third-order valence-corrected chi connectivity index (χ3v) is 3.48. The zero-order valence-corrected chi connectivity index (χ0v) is 11.7. The number of carbonyl (C=O) groups is 1. The Bertz CT molecular complexity index is 389. The molecule has 0 saturated heterocycles. The van der Waals surface area contributed by atoms with Crippen LogP contribution in [0.3, 0.4) is 0 Å². The first-order valence-corrected chi connectivity index (χ1v) is 6.63. The smallest absolute Gasteiger partial charge is 0.263 e. The molecule has 1 aromatic rings. The lowest BCUT2D eigenvalue weighted by molar-refractivity contribution is 0.0902. The lowest BCUT2D eigenvalue weighted by Crippen LogP contribution is -2.52. The van der Waals surface area contributed by atoms with Crippen LogP contribution in [0.2, 0.25) is 0 Å². The summed E-state index contributed by atoms with van der Waals surface area (Å²) in [4.78, 5) is 16.7. The van der Waals surface area contributed by atoms with Gasteiger partial charge in [-0.05, 0) is 26.2 Å². The summed E-state index contributed by atoms with van der Waals surface area (Å²) in [5.74, 6) is 0.413. The highest BCUT2D eigenvalue weighted by Gasteiger charge is 2.26.